The van der Waals surface area contributed by atoms with Crippen molar-refractivity contribution in [3.63, 3.8) is 0 Å². The molecule has 174 valence electrons. The number of ketones is 1. The molecule has 2 atom stereocenters. The van der Waals surface area contributed by atoms with Gasteiger partial charge in [0.15, 0.2) is 0 Å². The van der Waals surface area contributed by atoms with E-state index in [-0.39, 0.29) is 18.0 Å². The maximum Gasteiger partial charge on any atom is 0.522 e. The molecule has 1 aromatic heterocycles. The van der Waals surface area contributed by atoms with E-state index in [0.717, 1.165) is 36.6 Å². The molecule has 0 aliphatic carbocycles. The predicted octanol–water partition coefficient (Wildman–Crippen LogP) is 2.91. The van der Waals surface area contributed by atoms with Gasteiger partial charge in [-0.1, -0.05) is 18.2 Å². The Kier molecular flexibility index (Phi) is 5.80. The highest BCUT2D eigenvalue weighted by Gasteiger charge is 2.49. The number of piperidine rings is 4. The van der Waals surface area contributed by atoms with E-state index >= 15 is 0 Å². The fourth-order valence-electron chi connectivity index (χ4n) is 4.87. The van der Waals surface area contributed by atoms with Crippen molar-refractivity contribution in [1.29, 1.82) is 0 Å². The molecule has 4 fully saturated rings. The van der Waals surface area contributed by atoms with Crippen molar-refractivity contribution in [1.82, 2.24) is 9.88 Å². The Morgan fingerprint density at radius 2 is 1.72 bits per heavy atom. The maximum atomic E-state index is 12.6. The Morgan fingerprint density at radius 3 is 2.28 bits per heavy atom. The zero-order valence-electron chi connectivity index (χ0n) is 16.7. The van der Waals surface area contributed by atoms with Crippen LogP contribution in [0.5, 0.6) is 0 Å². The average molecular weight is 474 g/mol. The molecule has 4 aliphatic heterocycles. The van der Waals surface area contributed by atoms with Crippen molar-refractivity contribution in [3.05, 3.63) is 36.0 Å². The Morgan fingerprint density at radius 1 is 1.12 bits per heavy atom. The second-order valence-corrected chi connectivity index (χ2v) is 9.70. The number of nitrogens with one attached hydrogen (secondary N) is 1. The van der Waals surface area contributed by atoms with Crippen molar-refractivity contribution < 1.29 is 40.5 Å². The topological polar surface area (TPSA) is 117 Å². The molecule has 12 heteroatoms. The lowest BCUT2D eigenvalue weighted by Crippen LogP contribution is -2.63. The van der Waals surface area contributed by atoms with Crippen molar-refractivity contribution in [2.45, 2.75) is 49.4 Å². The van der Waals surface area contributed by atoms with E-state index in [0.29, 0.717) is 30.0 Å². The van der Waals surface area contributed by atoms with E-state index in [1.807, 2.05) is 24.3 Å². The third kappa shape index (κ3) is 4.39. The van der Waals surface area contributed by atoms with Gasteiger partial charge in [0.1, 0.15) is 11.9 Å². The summed E-state index contributed by atoms with van der Waals surface area (Å²) in [6, 6.07) is 8.58. The van der Waals surface area contributed by atoms with Crippen molar-refractivity contribution >= 4 is 32.8 Å². The van der Waals surface area contributed by atoms with Crippen molar-refractivity contribution in [2.75, 3.05) is 6.54 Å². The number of H-pyrrole nitrogens is 1. The molecule has 0 unspecified atom stereocenters. The molecule has 5 heterocycles. The molecule has 0 spiro atoms. The van der Waals surface area contributed by atoms with Crippen LogP contribution in [0, 0.1) is 5.92 Å². The van der Waals surface area contributed by atoms with Crippen molar-refractivity contribution in [3.8, 4) is 0 Å². The monoisotopic (exact) mass is 474 g/mol. The molecule has 0 radical (unpaired) electrons. The van der Waals surface area contributed by atoms with Gasteiger partial charge in [0.2, 0.25) is 0 Å². The number of rotatable bonds is 2. The van der Waals surface area contributed by atoms with E-state index in [4.69, 9.17) is 17.7 Å². The number of ether oxygens (including phenoxy) is 1. The number of nitrogens with zero attached hydrogens (tertiary/aromatic N) is 1. The average Bonchev–Trinajstić information content (AvgIpc) is 3.11. The summed E-state index contributed by atoms with van der Waals surface area (Å²) in [7, 11) is -5.84. The van der Waals surface area contributed by atoms with E-state index in [1.165, 1.54) is 0 Å². The van der Waals surface area contributed by atoms with Crippen LogP contribution in [0.2, 0.25) is 0 Å². The normalized spacial score (nSPS) is 29.4. The van der Waals surface area contributed by atoms with Crippen LogP contribution in [0.4, 0.5) is 13.2 Å². The summed E-state index contributed by atoms with van der Waals surface area (Å²) < 4.78 is 63.4. The highest BCUT2D eigenvalue weighted by molar-refractivity contribution is 7.86. The molecule has 2 N–H and O–H groups in total. The van der Waals surface area contributed by atoms with Crippen LogP contribution >= 0.6 is 0 Å². The minimum atomic E-state index is -5.84. The first-order valence-electron chi connectivity index (χ1n) is 10.0. The summed E-state index contributed by atoms with van der Waals surface area (Å²) in [6.07, 6.45) is 5.29. The number of esters is 1. The number of para-hydroxylation sites is 1. The summed E-state index contributed by atoms with van der Waals surface area (Å²) in [5.41, 5.74) is -3.97. The van der Waals surface area contributed by atoms with Gasteiger partial charge in [-0.15, -0.1) is 0 Å². The number of Topliss-reactive ketones (excluding diaryl/α,β-unsaturated/α-hetero) is 1. The second kappa shape index (κ2) is 8.16. The predicted molar refractivity (Wildman–Crippen MR) is 106 cm³/mol. The third-order valence-corrected chi connectivity index (χ3v) is 6.88. The molecule has 1 aromatic carbocycles. The van der Waals surface area contributed by atoms with Crippen LogP contribution in [-0.4, -0.2) is 64.8 Å². The highest BCUT2D eigenvalue weighted by atomic mass is 32.2. The first kappa shape index (κ1) is 22.7. The lowest BCUT2D eigenvalue weighted by Gasteiger charge is -2.54. The quantitative estimate of drug-likeness (QED) is 0.391. The number of hydrogen-bond donors (Lipinski definition) is 2. The van der Waals surface area contributed by atoms with Gasteiger partial charge in [0.05, 0.1) is 12.1 Å². The lowest BCUT2D eigenvalue weighted by atomic mass is 9.72. The standard InChI is InChI=1S/C19H20N2O3.CHF3O3S/c22-18-10-21-12-5-11(18)6-13(21)8-14(7-12)24-19(23)16-9-20-17-4-2-1-3-15(16)17;2-1(3,4)8(5,6)7/h1-4,9,11-14,20H,5-8,10H2;(H,5,6,7)/t11?,12-,13-,14?;/m0./s1. The van der Waals surface area contributed by atoms with Gasteiger partial charge in [0.25, 0.3) is 0 Å². The largest absolute Gasteiger partial charge is 0.522 e. The number of alkyl halides is 3. The Labute approximate surface area is 181 Å². The first-order valence-corrected chi connectivity index (χ1v) is 11.5. The Hall–Kier alpha value is -2.44. The summed E-state index contributed by atoms with van der Waals surface area (Å²) in [6.45, 7) is 0.600. The van der Waals surface area contributed by atoms with E-state index in [1.54, 1.807) is 6.20 Å². The molecule has 8 nitrogen and oxygen atoms in total. The van der Waals surface area contributed by atoms with Gasteiger partial charge in [-0.25, -0.2) is 4.79 Å². The molecule has 0 saturated carbocycles. The van der Waals surface area contributed by atoms with Crippen LogP contribution in [0.25, 0.3) is 10.9 Å². The third-order valence-electron chi connectivity index (χ3n) is 6.29. The van der Waals surface area contributed by atoms with Crippen LogP contribution in [0.1, 0.15) is 36.0 Å². The number of aromatic nitrogens is 1. The molecular weight excluding hydrogens is 453 g/mol. The number of benzene rings is 1. The van der Waals surface area contributed by atoms with Crippen LogP contribution in [-0.2, 0) is 19.6 Å². The fraction of sp³-hybridized carbons (Fsp3) is 0.500. The number of carbonyl (C=O) groups is 2. The molecular formula is C20H21F3N2O6S. The number of carbonyl (C=O) groups excluding carboxylic acids is 2. The van der Waals surface area contributed by atoms with Gasteiger partial charge in [-0.2, -0.15) is 21.6 Å². The van der Waals surface area contributed by atoms with Crippen molar-refractivity contribution in [2.24, 2.45) is 5.92 Å². The van der Waals surface area contributed by atoms with E-state index in [9.17, 15) is 22.8 Å². The molecule has 2 aromatic rings. The molecule has 6 rings (SSSR count). The zero-order valence-corrected chi connectivity index (χ0v) is 17.5. The number of fused-ring (bicyclic) bond motifs is 2. The maximum absolute atomic E-state index is 12.6. The smallest absolute Gasteiger partial charge is 0.459 e. The van der Waals surface area contributed by atoms with Gasteiger partial charge >= 0.3 is 21.6 Å². The molecule has 4 aliphatic rings. The van der Waals surface area contributed by atoms with Crippen LogP contribution in [0.3, 0.4) is 0 Å². The van der Waals surface area contributed by atoms with Gasteiger partial charge in [-0.05, 0) is 18.9 Å². The minimum absolute atomic E-state index is 0.0356. The molecule has 32 heavy (non-hydrogen) atoms. The highest BCUT2D eigenvalue weighted by Crippen LogP contribution is 2.42. The SMILES string of the molecule is O=C(OC1C[C@@H]2CC3C[C@@H](C1)N2CC3=O)c1c[nH]c2ccccc12.O=S(=O)(O)C(F)(F)F. The lowest BCUT2D eigenvalue weighted by molar-refractivity contribution is -0.145. The zero-order chi connectivity index (χ0) is 23.3. The molecule has 4 bridgehead atoms. The van der Waals surface area contributed by atoms with Gasteiger partial charge in [0, 0.05) is 47.9 Å². The summed E-state index contributed by atoms with van der Waals surface area (Å²) in [4.78, 5) is 30.0. The summed E-state index contributed by atoms with van der Waals surface area (Å²) >= 11 is 0. The summed E-state index contributed by atoms with van der Waals surface area (Å²) in [5.74, 6) is 0.403. The number of aromatic amines is 1. The van der Waals surface area contributed by atoms with Gasteiger partial charge < -0.3 is 9.72 Å². The minimum Gasteiger partial charge on any atom is -0.459 e. The van der Waals surface area contributed by atoms with E-state index < -0.39 is 15.6 Å². The molecule has 4 saturated heterocycles. The Balaban J connectivity index is 0.000000265. The van der Waals surface area contributed by atoms with Crippen LogP contribution in [0.15, 0.2) is 30.5 Å². The second-order valence-electron chi connectivity index (χ2n) is 8.28. The molecule has 0 amide bonds. The number of hydrogen-bond acceptors (Lipinski definition) is 6. The fourth-order valence-corrected chi connectivity index (χ4v) is 4.87. The first-order chi connectivity index (χ1) is 14.9. The van der Waals surface area contributed by atoms with Crippen LogP contribution < -0.4 is 0 Å². The number of halogens is 3. The Bertz CT molecular complexity index is 1130. The summed E-state index contributed by atoms with van der Waals surface area (Å²) in [5, 5.41) is 0.909. The van der Waals surface area contributed by atoms with Gasteiger partial charge in [-0.3, -0.25) is 14.2 Å². The van der Waals surface area contributed by atoms with E-state index in [2.05, 4.69) is 9.88 Å².